The fourth-order valence-electron chi connectivity index (χ4n) is 4.20. The average Bonchev–Trinajstić information content (AvgIpc) is 3.32. The van der Waals surface area contributed by atoms with Crippen molar-refractivity contribution in [1.29, 1.82) is 0 Å². The van der Waals surface area contributed by atoms with Crippen molar-refractivity contribution in [3.8, 4) is 0 Å². The van der Waals surface area contributed by atoms with Crippen LogP contribution in [0.5, 0.6) is 0 Å². The quantitative estimate of drug-likeness (QED) is 0.677. The van der Waals surface area contributed by atoms with Crippen molar-refractivity contribution in [1.82, 2.24) is 15.2 Å². The van der Waals surface area contributed by atoms with Crippen LogP contribution in [0.3, 0.4) is 0 Å². The molecule has 1 amide bonds. The summed E-state index contributed by atoms with van der Waals surface area (Å²) in [5.74, 6) is -0.320. The fraction of sp³-hybridized carbons (Fsp3) is 0.348. The first kappa shape index (κ1) is 18.7. The molecule has 3 aromatic rings. The highest BCUT2D eigenvalue weighted by molar-refractivity contribution is 5.90. The summed E-state index contributed by atoms with van der Waals surface area (Å²) in [5, 5.41) is 3.90. The normalized spacial score (nSPS) is 15.8. The zero-order valence-electron chi connectivity index (χ0n) is 16.2. The van der Waals surface area contributed by atoms with E-state index < -0.39 is 0 Å². The number of H-pyrrole nitrogens is 1. The molecule has 2 aromatic carbocycles. The number of rotatable bonds is 6. The Balaban J connectivity index is 1.47. The first-order chi connectivity index (χ1) is 13.6. The first-order valence-corrected chi connectivity index (χ1v) is 9.94. The van der Waals surface area contributed by atoms with Crippen LogP contribution in [0.2, 0.25) is 0 Å². The highest BCUT2D eigenvalue weighted by atomic mass is 19.1. The van der Waals surface area contributed by atoms with Crippen molar-refractivity contribution < 1.29 is 9.18 Å². The Morgan fingerprint density at radius 2 is 1.93 bits per heavy atom. The average molecular weight is 379 g/mol. The summed E-state index contributed by atoms with van der Waals surface area (Å²) < 4.78 is 13.7. The van der Waals surface area contributed by atoms with Crippen molar-refractivity contribution >= 4 is 16.8 Å². The van der Waals surface area contributed by atoms with Gasteiger partial charge in [-0.15, -0.1) is 0 Å². The number of likely N-dealkylation sites (tertiary alicyclic amines) is 1. The largest absolute Gasteiger partial charge is 0.358 e. The number of aromatic amines is 1. The summed E-state index contributed by atoms with van der Waals surface area (Å²) in [6, 6.07) is 15.2. The van der Waals surface area contributed by atoms with Crippen LogP contribution in [0, 0.1) is 12.7 Å². The molecule has 1 aliphatic heterocycles. The molecule has 0 radical (unpaired) electrons. The van der Waals surface area contributed by atoms with Gasteiger partial charge in [-0.05, 0) is 62.2 Å². The Kier molecular flexibility index (Phi) is 5.44. The van der Waals surface area contributed by atoms with Crippen LogP contribution < -0.4 is 5.32 Å². The molecule has 4 rings (SSSR count). The van der Waals surface area contributed by atoms with Crippen LogP contribution in [0.4, 0.5) is 4.39 Å². The second-order valence-corrected chi connectivity index (χ2v) is 7.57. The molecular formula is C23H26FN3O. The molecule has 1 aliphatic rings. The highest BCUT2D eigenvalue weighted by Crippen LogP contribution is 2.25. The van der Waals surface area contributed by atoms with E-state index in [1.54, 1.807) is 6.07 Å². The van der Waals surface area contributed by atoms with E-state index in [1.807, 2.05) is 25.1 Å². The second-order valence-electron chi connectivity index (χ2n) is 7.57. The third-order valence-corrected chi connectivity index (χ3v) is 5.68. The van der Waals surface area contributed by atoms with Gasteiger partial charge in [-0.1, -0.05) is 30.3 Å². The number of carbonyl (C=O) groups excluding carboxylic acids is 1. The molecule has 0 unspecified atom stereocenters. The molecule has 0 aliphatic carbocycles. The Morgan fingerprint density at radius 3 is 2.68 bits per heavy atom. The predicted molar refractivity (Wildman–Crippen MR) is 110 cm³/mol. The van der Waals surface area contributed by atoms with Crippen LogP contribution in [0.15, 0.2) is 48.5 Å². The lowest BCUT2D eigenvalue weighted by Crippen LogP contribution is -2.37. The molecule has 5 heteroatoms. The van der Waals surface area contributed by atoms with Gasteiger partial charge in [0.05, 0.1) is 12.5 Å². The van der Waals surface area contributed by atoms with Gasteiger partial charge < -0.3 is 10.3 Å². The van der Waals surface area contributed by atoms with Gasteiger partial charge in [0, 0.05) is 23.1 Å². The number of aromatic nitrogens is 1. The lowest BCUT2D eigenvalue weighted by molar-refractivity contribution is -0.120. The van der Waals surface area contributed by atoms with Gasteiger partial charge in [-0.2, -0.15) is 0 Å². The molecule has 1 aromatic heterocycles. The van der Waals surface area contributed by atoms with E-state index in [9.17, 15) is 9.18 Å². The maximum absolute atomic E-state index is 13.7. The molecule has 2 N–H and O–H groups in total. The van der Waals surface area contributed by atoms with Gasteiger partial charge in [-0.3, -0.25) is 9.69 Å². The Hall–Kier alpha value is -2.66. The van der Waals surface area contributed by atoms with E-state index >= 15 is 0 Å². The third-order valence-electron chi connectivity index (χ3n) is 5.68. The predicted octanol–water partition coefficient (Wildman–Crippen LogP) is 4.11. The summed E-state index contributed by atoms with van der Waals surface area (Å²) in [6.07, 6.45) is 2.66. The molecule has 4 nitrogen and oxygen atoms in total. The Labute approximate surface area is 164 Å². The number of halogens is 1. The maximum atomic E-state index is 13.7. The van der Waals surface area contributed by atoms with Gasteiger partial charge >= 0.3 is 0 Å². The molecule has 1 atom stereocenters. The topological polar surface area (TPSA) is 48.1 Å². The third kappa shape index (κ3) is 3.94. The number of nitrogens with zero attached hydrogens (tertiary/aromatic N) is 1. The maximum Gasteiger partial charge on any atom is 0.224 e. The van der Waals surface area contributed by atoms with Crippen molar-refractivity contribution in [2.75, 3.05) is 19.6 Å². The Morgan fingerprint density at radius 1 is 1.18 bits per heavy atom. The number of fused-ring (bicyclic) bond motifs is 1. The van der Waals surface area contributed by atoms with Gasteiger partial charge in [0.2, 0.25) is 5.91 Å². The number of hydrogen-bond acceptors (Lipinski definition) is 2. The number of nitrogens with one attached hydrogen (secondary N) is 2. The van der Waals surface area contributed by atoms with Crippen molar-refractivity contribution in [3.05, 3.63) is 71.2 Å². The van der Waals surface area contributed by atoms with Crippen LogP contribution in [-0.2, 0) is 11.2 Å². The van der Waals surface area contributed by atoms with Gasteiger partial charge in [0.1, 0.15) is 5.82 Å². The SMILES string of the molecule is Cc1[nH]c2ccc(F)cc2c1CC(=O)NC[C@@H](c1ccccc1)N1CCCC1. The molecule has 146 valence electrons. The van der Waals surface area contributed by atoms with Crippen LogP contribution in [0.1, 0.15) is 35.7 Å². The monoisotopic (exact) mass is 379 g/mol. The van der Waals surface area contributed by atoms with Crippen LogP contribution in [-0.4, -0.2) is 35.4 Å². The second kappa shape index (κ2) is 8.15. The lowest BCUT2D eigenvalue weighted by Gasteiger charge is -2.28. The van der Waals surface area contributed by atoms with Crippen LogP contribution >= 0.6 is 0 Å². The summed E-state index contributed by atoms with van der Waals surface area (Å²) in [7, 11) is 0. The number of amides is 1. The van der Waals surface area contributed by atoms with Gasteiger partial charge in [0.15, 0.2) is 0 Å². The minimum Gasteiger partial charge on any atom is -0.358 e. The fourth-order valence-corrected chi connectivity index (χ4v) is 4.20. The molecular weight excluding hydrogens is 353 g/mol. The number of hydrogen-bond donors (Lipinski definition) is 2. The van der Waals surface area contributed by atoms with Gasteiger partial charge in [-0.25, -0.2) is 4.39 Å². The van der Waals surface area contributed by atoms with E-state index in [0.717, 1.165) is 35.2 Å². The van der Waals surface area contributed by atoms with E-state index in [0.29, 0.717) is 6.54 Å². The molecule has 0 bridgehead atoms. The molecule has 1 fully saturated rings. The van der Waals surface area contributed by atoms with Gasteiger partial charge in [0.25, 0.3) is 0 Å². The van der Waals surface area contributed by atoms with E-state index in [2.05, 4.69) is 27.3 Å². The molecule has 1 saturated heterocycles. The number of carbonyl (C=O) groups is 1. The van der Waals surface area contributed by atoms with Crippen LogP contribution in [0.25, 0.3) is 10.9 Å². The van der Waals surface area contributed by atoms with Crippen molar-refractivity contribution in [2.45, 2.75) is 32.2 Å². The van der Waals surface area contributed by atoms with Crippen molar-refractivity contribution in [2.24, 2.45) is 0 Å². The summed E-state index contributed by atoms with van der Waals surface area (Å²) >= 11 is 0. The lowest BCUT2D eigenvalue weighted by atomic mass is 10.0. The van der Waals surface area contributed by atoms with E-state index in [-0.39, 0.29) is 24.2 Å². The molecule has 0 saturated carbocycles. The molecule has 28 heavy (non-hydrogen) atoms. The minimum absolute atomic E-state index is 0.0339. The molecule has 0 spiro atoms. The van der Waals surface area contributed by atoms with E-state index in [1.165, 1.54) is 30.5 Å². The van der Waals surface area contributed by atoms with Crippen molar-refractivity contribution in [3.63, 3.8) is 0 Å². The molecule has 2 heterocycles. The highest BCUT2D eigenvalue weighted by Gasteiger charge is 2.24. The summed E-state index contributed by atoms with van der Waals surface area (Å²) in [6.45, 7) is 4.64. The number of aryl methyl sites for hydroxylation is 1. The smallest absolute Gasteiger partial charge is 0.224 e. The Bertz CT molecular complexity index is 961. The first-order valence-electron chi connectivity index (χ1n) is 9.94. The van der Waals surface area contributed by atoms with E-state index in [4.69, 9.17) is 0 Å². The minimum atomic E-state index is -0.286. The number of benzene rings is 2. The zero-order valence-corrected chi connectivity index (χ0v) is 16.2. The zero-order chi connectivity index (χ0) is 19.5. The summed E-state index contributed by atoms with van der Waals surface area (Å²) in [5.41, 5.74) is 3.87. The standard InChI is InChI=1S/C23H26FN3O/c1-16-19(20-13-18(24)9-10-21(20)26-16)14-23(28)25-15-22(27-11-5-6-12-27)17-7-3-2-4-8-17/h2-4,7-10,13,22,26H,5-6,11-12,14-15H2,1H3,(H,25,28)/t22-/m0/s1. The summed E-state index contributed by atoms with van der Waals surface area (Å²) in [4.78, 5) is 18.4.